The van der Waals surface area contributed by atoms with Crippen LogP contribution in [0.2, 0.25) is 0 Å². The third kappa shape index (κ3) is 3.02. The van der Waals surface area contributed by atoms with Gasteiger partial charge in [0.1, 0.15) is 6.07 Å². The number of hydrogen-bond donors (Lipinski definition) is 0. The molecule has 0 saturated carbocycles. The van der Waals surface area contributed by atoms with E-state index in [1.54, 1.807) is 0 Å². The first-order valence-corrected chi connectivity index (χ1v) is 7.20. The molecule has 0 aromatic heterocycles. The summed E-state index contributed by atoms with van der Waals surface area (Å²) in [6.45, 7) is 5.77. The van der Waals surface area contributed by atoms with Crippen molar-refractivity contribution in [1.29, 1.82) is 5.26 Å². The molecule has 0 spiro atoms. The highest BCUT2D eigenvalue weighted by atomic mass is 35.5. The molecule has 3 nitrogen and oxygen atoms in total. The second kappa shape index (κ2) is 6.27. The first-order chi connectivity index (χ1) is 9.19. The van der Waals surface area contributed by atoms with Crippen LogP contribution in [-0.2, 0) is 10.6 Å². The second-order valence-electron chi connectivity index (χ2n) is 4.96. The number of anilines is 1. The number of halogens is 1. The molecule has 1 aliphatic heterocycles. The van der Waals surface area contributed by atoms with Gasteiger partial charge in [0, 0.05) is 12.4 Å². The third-order valence-electron chi connectivity index (χ3n) is 3.58. The first-order valence-electron chi connectivity index (χ1n) is 6.66. The Morgan fingerprint density at radius 3 is 2.95 bits per heavy atom. The van der Waals surface area contributed by atoms with Gasteiger partial charge in [-0.2, -0.15) is 5.26 Å². The van der Waals surface area contributed by atoms with Crippen LogP contribution in [0.25, 0.3) is 0 Å². The van der Waals surface area contributed by atoms with E-state index in [0.29, 0.717) is 17.5 Å². The smallest absolute Gasteiger partial charge is 0.101 e. The normalized spacial score (nSPS) is 23.2. The zero-order valence-electron chi connectivity index (χ0n) is 11.4. The van der Waals surface area contributed by atoms with Crippen LogP contribution in [0.15, 0.2) is 18.2 Å². The van der Waals surface area contributed by atoms with Crippen molar-refractivity contribution in [2.24, 2.45) is 0 Å². The molecule has 2 unspecified atom stereocenters. The number of nitrogens with zero attached hydrogens (tertiary/aromatic N) is 2. The van der Waals surface area contributed by atoms with Crippen LogP contribution in [0.4, 0.5) is 5.69 Å². The molecule has 1 heterocycles. The highest BCUT2D eigenvalue weighted by Crippen LogP contribution is 2.28. The molecule has 0 bridgehead atoms. The van der Waals surface area contributed by atoms with Crippen molar-refractivity contribution in [3.05, 3.63) is 29.3 Å². The van der Waals surface area contributed by atoms with E-state index in [1.807, 2.05) is 18.2 Å². The molecule has 1 saturated heterocycles. The van der Waals surface area contributed by atoms with E-state index in [0.717, 1.165) is 30.8 Å². The van der Waals surface area contributed by atoms with Crippen molar-refractivity contribution in [3.8, 4) is 6.07 Å². The first kappa shape index (κ1) is 14.2. The molecule has 2 rings (SSSR count). The zero-order chi connectivity index (χ0) is 13.8. The summed E-state index contributed by atoms with van der Waals surface area (Å²) in [6, 6.07) is 8.52. The number of morpholine rings is 1. The Hall–Kier alpha value is -1.24. The summed E-state index contributed by atoms with van der Waals surface area (Å²) < 4.78 is 5.71. The molecule has 19 heavy (non-hydrogen) atoms. The summed E-state index contributed by atoms with van der Waals surface area (Å²) in [6.07, 6.45) is 1.21. The van der Waals surface area contributed by atoms with Crippen molar-refractivity contribution in [2.45, 2.75) is 38.3 Å². The molecule has 1 fully saturated rings. The van der Waals surface area contributed by atoms with Gasteiger partial charge in [-0.3, -0.25) is 0 Å². The molecule has 1 aromatic rings. The van der Waals surface area contributed by atoms with Crippen LogP contribution in [-0.4, -0.2) is 25.3 Å². The fourth-order valence-corrected chi connectivity index (χ4v) is 2.65. The minimum absolute atomic E-state index is 0.196. The maximum atomic E-state index is 9.34. The molecule has 0 aliphatic carbocycles. The van der Waals surface area contributed by atoms with Crippen LogP contribution in [0.1, 0.15) is 31.4 Å². The Morgan fingerprint density at radius 1 is 1.53 bits per heavy atom. The van der Waals surface area contributed by atoms with Crippen LogP contribution in [0, 0.1) is 11.3 Å². The summed E-state index contributed by atoms with van der Waals surface area (Å²) in [5.41, 5.74) is 2.68. The highest BCUT2D eigenvalue weighted by molar-refractivity contribution is 6.17. The summed E-state index contributed by atoms with van der Waals surface area (Å²) >= 11 is 5.83. The van der Waals surface area contributed by atoms with Crippen molar-refractivity contribution >= 4 is 17.3 Å². The van der Waals surface area contributed by atoms with Crippen LogP contribution < -0.4 is 4.90 Å². The molecule has 0 N–H and O–H groups in total. The third-order valence-corrected chi connectivity index (χ3v) is 3.89. The molecule has 0 amide bonds. The van der Waals surface area contributed by atoms with Gasteiger partial charge >= 0.3 is 0 Å². The number of rotatable bonds is 3. The number of alkyl halides is 1. The zero-order valence-corrected chi connectivity index (χ0v) is 12.2. The molecule has 2 atom stereocenters. The Balaban J connectivity index is 2.36. The molecule has 0 radical (unpaired) electrons. The van der Waals surface area contributed by atoms with Crippen molar-refractivity contribution in [2.75, 3.05) is 18.1 Å². The summed E-state index contributed by atoms with van der Waals surface area (Å²) in [5, 5.41) is 9.34. The van der Waals surface area contributed by atoms with Crippen LogP contribution in [0.5, 0.6) is 0 Å². The van der Waals surface area contributed by atoms with E-state index >= 15 is 0 Å². The maximum Gasteiger partial charge on any atom is 0.101 e. The van der Waals surface area contributed by atoms with Crippen LogP contribution >= 0.6 is 11.6 Å². The van der Waals surface area contributed by atoms with E-state index in [1.165, 1.54) is 0 Å². The van der Waals surface area contributed by atoms with Gasteiger partial charge in [0.15, 0.2) is 0 Å². The molecular weight excluding hydrogens is 260 g/mol. The molecule has 1 aliphatic rings. The standard InChI is InChI=1S/C15H19ClN2O/c1-3-14-10-19-11(2)9-18(14)15-5-4-12(7-16)6-13(15)8-17/h4-6,11,14H,3,7,9-10H2,1-2H3. The largest absolute Gasteiger partial charge is 0.375 e. The van der Waals surface area contributed by atoms with Crippen molar-refractivity contribution < 1.29 is 4.74 Å². The molecule has 102 valence electrons. The lowest BCUT2D eigenvalue weighted by Gasteiger charge is -2.40. The number of benzene rings is 1. The van der Waals surface area contributed by atoms with Crippen molar-refractivity contribution in [3.63, 3.8) is 0 Å². The van der Waals surface area contributed by atoms with Crippen LogP contribution in [0.3, 0.4) is 0 Å². The summed E-state index contributed by atoms with van der Waals surface area (Å²) in [4.78, 5) is 2.30. The van der Waals surface area contributed by atoms with Gasteiger partial charge in [-0.25, -0.2) is 0 Å². The quantitative estimate of drug-likeness (QED) is 0.796. The maximum absolute atomic E-state index is 9.34. The summed E-state index contributed by atoms with van der Waals surface area (Å²) in [5.74, 6) is 0.436. The second-order valence-corrected chi connectivity index (χ2v) is 5.22. The highest BCUT2D eigenvalue weighted by Gasteiger charge is 2.27. The van der Waals surface area contributed by atoms with Gasteiger partial charge in [0.2, 0.25) is 0 Å². The average Bonchev–Trinajstić information content (AvgIpc) is 2.46. The van der Waals surface area contributed by atoms with Gasteiger partial charge < -0.3 is 9.64 Å². The predicted molar refractivity (Wildman–Crippen MR) is 77.6 cm³/mol. The molecule has 4 heteroatoms. The van der Waals surface area contributed by atoms with E-state index < -0.39 is 0 Å². The minimum atomic E-state index is 0.196. The van der Waals surface area contributed by atoms with Gasteiger partial charge in [0.05, 0.1) is 30.0 Å². The van der Waals surface area contributed by atoms with E-state index in [2.05, 4.69) is 24.8 Å². The van der Waals surface area contributed by atoms with Gasteiger partial charge in [-0.1, -0.05) is 13.0 Å². The molecular formula is C15H19ClN2O. The Morgan fingerprint density at radius 2 is 2.32 bits per heavy atom. The number of nitriles is 1. The lowest BCUT2D eigenvalue weighted by atomic mass is 10.0. The average molecular weight is 279 g/mol. The monoisotopic (exact) mass is 278 g/mol. The van der Waals surface area contributed by atoms with Crippen molar-refractivity contribution in [1.82, 2.24) is 0 Å². The fourth-order valence-electron chi connectivity index (χ4n) is 2.48. The number of hydrogen-bond acceptors (Lipinski definition) is 3. The Labute approximate surface area is 119 Å². The lowest BCUT2D eigenvalue weighted by molar-refractivity contribution is 0.0299. The van der Waals surface area contributed by atoms with Gasteiger partial charge in [-0.15, -0.1) is 11.6 Å². The van der Waals surface area contributed by atoms with E-state index in [-0.39, 0.29) is 6.10 Å². The Bertz CT molecular complexity index is 484. The fraction of sp³-hybridized carbons (Fsp3) is 0.533. The van der Waals surface area contributed by atoms with E-state index in [4.69, 9.17) is 16.3 Å². The van der Waals surface area contributed by atoms with Gasteiger partial charge in [-0.05, 0) is 31.0 Å². The summed E-state index contributed by atoms with van der Waals surface area (Å²) in [7, 11) is 0. The SMILES string of the molecule is CCC1COC(C)CN1c1ccc(CCl)cc1C#N. The van der Waals surface area contributed by atoms with E-state index in [9.17, 15) is 5.26 Å². The molecule has 1 aromatic carbocycles. The van der Waals surface area contributed by atoms with Gasteiger partial charge in [0.25, 0.3) is 0 Å². The predicted octanol–water partition coefficient (Wildman–Crippen LogP) is 3.30. The topological polar surface area (TPSA) is 36.3 Å². The number of ether oxygens (including phenoxy) is 1. The minimum Gasteiger partial charge on any atom is -0.375 e. The Kier molecular flexibility index (Phi) is 4.68. The lowest BCUT2D eigenvalue weighted by Crippen LogP contribution is -2.49.